The highest BCUT2D eigenvalue weighted by Gasteiger charge is 2.16. The van der Waals surface area contributed by atoms with Gasteiger partial charge in [-0.3, -0.25) is 9.69 Å². The molecule has 0 bridgehead atoms. The van der Waals surface area contributed by atoms with Crippen molar-refractivity contribution in [2.24, 2.45) is 0 Å². The van der Waals surface area contributed by atoms with Crippen LogP contribution in [0.5, 0.6) is 5.75 Å². The Kier molecular flexibility index (Phi) is 7.07. The highest BCUT2D eigenvalue weighted by molar-refractivity contribution is 5.95. The van der Waals surface area contributed by atoms with E-state index in [2.05, 4.69) is 10.2 Å². The number of amides is 1. The summed E-state index contributed by atoms with van der Waals surface area (Å²) in [6.45, 7) is 4.63. The number of hydrogen-bond donors (Lipinski definition) is 1. The molecule has 0 atom stereocenters. The number of hydrogen-bond acceptors (Lipinski definition) is 5. The molecule has 1 heterocycles. The summed E-state index contributed by atoms with van der Waals surface area (Å²) in [6.07, 6.45) is 0. The van der Waals surface area contributed by atoms with E-state index in [1.165, 1.54) is 0 Å². The molecule has 1 aliphatic heterocycles. The van der Waals surface area contributed by atoms with Gasteiger partial charge in [0.25, 0.3) is 0 Å². The van der Waals surface area contributed by atoms with E-state index in [1.807, 2.05) is 66.5 Å². The third-order valence-electron chi connectivity index (χ3n) is 4.43. The highest BCUT2D eigenvalue weighted by Crippen LogP contribution is 2.26. The van der Waals surface area contributed by atoms with Crippen LogP contribution in [0.15, 0.2) is 54.6 Å². The average molecular weight is 369 g/mol. The Labute approximate surface area is 160 Å². The second-order valence-electron chi connectivity index (χ2n) is 6.56. The molecule has 0 saturated carbocycles. The predicted octanol–water partition coefficient (Wildman–Crippen LogP) is 2.47. The van der Waals surface area contributed by atoms with Crippen molar-refractivity contribution in [3.8, 4) is 5.75 Å². The van der Waals surface area contributed by atoms with Gasteiger partial charge in [0.2, 0.25) is 5.91 Å². The van der Waals surface area contributed by atoms with E-state index in [-0.39, 0.29) is 5.91 Å². The topological polar surface area (TPSA) is 54.0 Å². The first kappa shape index (κ1) is 19.2. The van der Waals surface area contributed by atoms with Crippen molar-refractivity contribution in [1.82, 2.24) is 4.90 Å². The average Bonchev–Trinajstić information content (AvgIpc) is 2.70. The lowest BCUT2D eigenvalue weighted by Gasteiger charge is -2.30. The normalized spacial score (nSPS) is 14.2. The number of nitrogens with zero attached hydrogens (tertiary/aromatic N) is 2. The van der Waals surface area contributed by atoms with Crippen LogP contribution in [0, 0.1) is 0 Å². The summed E-state index contributed by atoms with van der Waals surface area (Å²) in [5.74, 6) is 0.813. The summed E-state index contributed by atoms with van der Waals surface area (Å²) < 4.78 is 11.1. The van der Waals surface area contributed by atoms with Gasteiger partial charge in [-0.1, -0.05) is 30.3 Å². The van der Waals surface area contributed by atoms with Crippen molar-refractivity contribution in [3.63, 3.8) is 0 Å². The van der Waals surface area contributed by atoms with Crippen LogP contribution in [-0.2, 0) is 9.53 Å². The minimum absolute atomic E-state index is 0.0297. The largest absolute Gasteiger partial charge is 0.492 e. The van der Waals surface area contributed by atoms with E-state index in [9.17, 15) is 4.79 Å². The smallest absolute Gasteiger partial charge is 0.238 e. The maximum Gasteiger partial charge on any atom is 0.238 e. The number of nitrogens with one attached hydrogen (secondary N) is 1. The zero-order valence-electron chi connectivity index (χ0n) is 15.8. The molecule has 144 valence electrons. The van der Waals surface area contributed by atoms with Gasteiger partial charge in [0.1, 0.15) is 12.4 Å². The van der Waals surface area contributed by atoms with Crippen molar-refractivity contribution in [3.05, 3.63) is 54.6 Å². The van der Waals surface area contributed by atoms with Crippen LogP contribution in [0.4, 0.5) is 11.4 Å². The maximum atomic E-state index is 12.5. The Morgan fingerprint density at radius 1 is 1.11 bits per heavy atom. The number of carbonyl (C=O) groups excluding carboxylic acids is 1. The number of para-hydroxylation sites is 3. The second kappa shape index (κ2) is 9.94. The maximum absolute atomic E-state index is 12.5. The molecule has 1 saturated heterocycles. The zero-order chi connectivity index (χ0) is 18.9. The first-order chi connectivity index (χ1) is 13.2. The van der Waals surface area contributed by atoms with Crippen molar-refractivity contribution >= 4 is 17.3 Å². The van der Waals surface area contributed by atoms with E-state index in [0.717, 1.165) is 30.2 Å². The van der Waals surface area contributed by atoms with Gasteiger partial charge in [-0.25, -0.2) is 0 Å². The van der Waals surface area contributed by atoms with Gasteiger partial charge < -0.3 is 19.7 Å². The molecule has 1 aliphatic rings. The molecule has 6 nitrogen and oxygen atoms in total. The molecular weight excluding hydrogens is 342 g/mol. The quantitative estimate of drug-likeness (QED) is 0.775. The monoisotopic (exact) mass is 369 g/mol. The minimum atomic E-state index is -0.0297. The minimum Gasteiger partial charge on any atom is -0.492 e. The lowest BCUT2D eigenvalue weighted by Crippen LogP contribution is -2.37. The van der Waals surface area contributed by atoms with Gasteiger partial charge in [-0.2, -0.15) is 0 Å². The van der Waals surface area contributed by atoms with Crippen molar-refractivity contribution < 1.29 is 14.3 Å². The first-order valence-electron chi connectivity index (χ1n) is 9.30. The standard InChI is InChI=1S/C21H27N3O3/c1-23(11-16-27-18-7-3-2-4-8-18)17-21(25)22-19-9-5-6-10-20(19)24-12-14-26-15-13-24/h2-10H,11-17H2,1H3,(H,22,25). The first-order valence-corrected chi connectivity index (χ1v) is 9.30. The summed E-state index contributed by atoms with van der Waals surface area (Å²) in [5.41, 5.74) is 1.89. The van der Waals surface area contributed by atoms with Crippen LogP contribution in [-0.4, -0.2) is 63.9 Å². The van der Waals surface area contributed by atoms with Gasteiger partial charge in [0, 0.05) is 19.6 Å². The molecule has 1 N–H and O–H groups in total. The molecule has 0 aromatic heterocycles. The Bertz CT molecular complexity index is 718. The SMILES string of the molecule is CN(CCOc1ccccc1)CC(=O)Nc1ccccc1N1CCOCC1. The summed E-state index contributed by atoms with van der Waals surface area (Å²) in [5, 5.41) is 3.04. The Hall–Kier alpha value is -2.57. The molecule has 1 fully saturated rings. The summed E-state index contributed by atoms with van der Waals surface area (Å²) in [6, 6.07) is 17.6. The number of morpholine rings is 1. The molecule has 1 amide bonds. The van der Waals surface area contributed by atoms with Crippen LogP contribution >= 0.6 is 0 Å². The third kappa shape index (κ3) is 5.98. The molecule has 0 unspecified atom stereocenters. The number of benzene rings is 2. The molecule has 6 heteroatoms. The number of likely N-dealkylation sites (N-methyl/N-ethyl adjacent to an activating group) is 1. The molecule has 2 aromatic carbocycles. The number of anilines is 2. The molecular formula is C21H27N3O3. The number of rotatable bonds is 8. The van der Waals surface area contributed by atoms with Gasteiger partial charge in [0.15, 0.2) is 0 Å². The predicted molar refractivity (Wildman–Crippen MR) is 108 cm³/mol. The Morgan fingerprint density at radius 2 is 1.81 bits per heavy atom. The fourth-order valence-electron chi connectivity index (χ4n) is 3.01. The number of ether oxygens (including phenoxy) is 2. The molecule has 27 heavy (non-hydrogen) atoms. The fraction of sp³-hybridized carbons (Fsp3) is 0.381. The zero-order valence-corrected chi connectivity index (χ0v) is 15.8. The summed E-state index contributed by atoms with van der Waals surface area (Å²) in [4.78, 5) is 16.7. The summed E-state index contributed by atoms with van der Waals surface area (Å²) >= 11 is 0. The van der Waals surface area contributed by atoms with Crippen molar-refractivity contribution in [1.29, 1.82) is 0 Å². The lowest BCUT2D eigenvalue weighted by molar-refractivity contribution is -0.117. The van der Waals surface area contributed by atoms with Gasteiger partial charge in [0.05, 0.1) is 31.1 Å². The summed E-state index contributed by atoms with van der Waals surface area (Å²) in [7, 11) is 1.92. The van der Waals surface area contributed by atoms with Gasteiger partial charge in [-0.15, -0.1) is 0 Å². The fourth-order valence-corrected chi connectivity index (χ4v) is 3.01. The third-order valence-corrected chi connectivity index (χ3v) is 4.43. The Balaban J connectivity index is 1.47. The van der Waals surface area contributed by atoms with Crippen LogP contribution in [0.25, 0.3) is 0 Å². The molecule has 2 aromatic rings. The van der Waals surface area contributed by atoms with Crippen molar-refractivity contribution in [2.45, 2.75) is 0 Å². The van der Waals surface area contributed by atoms with E-state index < -0.39 is 0 Å². The van der Waals surface area contributed by atoms with Crippen LogP contribution in [0.1, 0.15) is 0 Å². The molecule has 0 aliphatic carbocycles. The lowest BCUT2D eigenvalue weighted by atomic mass is 10.2. The second-order valence-corrected chi connectivity index (χ2v) is 6.56. The van der Waals surface area contributed by atoms with Crippen LogP contribution < -0.4 is 15.0 Å². The number of carbonyl (C=O) groups is 1. The highest BCUT2D eigenvalue weighted by atomic mass is 16.5. The molecule has 0 spiro atoms. The van der Waals surface area contributed by atoms with Crippen LogP contribution in [0.2, 0.25) is 0 Å². The van der Waals surface area contributed by atoms with Crippen LogP contribution in [0.3, 0.4) is 0 Å². The van der Waals surface area contributed by atoms with Gasteiger partial charge >= 0.3 is 0 Å². The Morgan fingerprint density at radius 3 is 2.59 bits per heavy atom. The van der Waals surface area contributed by atoms with E-state index in [0.29, 0.717) is 32.9 Å². The van der Waals surface area contributed by atoms with Gasteiger partial charge in [-0.05, 0) is 31.3 Å². The molecule has 3 rings (SSSR count). The van der Waals surface area contributed by atoms with Crippen molar-refractivity contribution in [2.75, 3.05) is 63.3 Å². The van der Waals surface area contributed by atoms with E-state index in [4.69, 9.17) is 9.47 Å². The molecule has 0 radical (unpaired) electrons. The van der Waals surface area contributed by atoms with E-state index in [1.54, 1.807) is 0 Å². The van der Waals surface area contributed by atoms with E-state index >= 15 is 0 Å².